The number of piperazine rings is 1. The highest BCUT2D eigenvalue weighted by molar-refractivity contribution is 5.92. The Kier molecular flexibility index (Phi) is 4.69. The van der Waals surface area contributed by atoms with Gasteiger partial charge in [-0.05, 0) is 44.3 Å². The van der Waals surface area contributed by atoms with Crippen molar-refractivity contribution in [3.63, 3.8) is 0 Å². The number of nitrogens with one attached hydrogen (secondary N) is 2. The molecule has 0 amide bonds. The average molecular weight is 440 g/mol. The standard InChI is InChI=1S/C24H25N9/c1-16-13-25-22-7-6-21(30-33(16)22)19-14-26-23-20(19)15-27-24(29-23)28-17-4-3-5-18(12-17)32-10-8-31(2)9-11-32/h3-7,12-15H,8-11H2,1-2H3,(H2,26,27,28,29). The molecule has 1 aliphatic rings. The van der Waals surface area contributed by atoms with Crippen LogP contribution in [0.25, 0.3) is 27.9 Å². The molecule has 1 saturated heterocycles. The third-order valence-corrected chi connectivity index (χ3v) is 6.21. The van der Waals surface area contributed by atoms with E-state index in [1.165, 1.54) is 5.69 Å². The molecule has 1 aromatic carbocycles. The Bertz CT molecular complexity index is 1440. The molecule has 4 aromatic heterocycles. The van der Waals surface area contributed by atoms with Crippen LogP contribution in [0, 0.1) is 6.92 Å². The maximum atomic E-state index is 4.73. The molecule has 2 N–H and O–H groups in total. The first-order valence-electron chi connectivity index (χ1n) is 11.1. The Morgan fingerprint density at radius 1 is 1.00 bits per heavy atom. The number of aromatic nitrogens is 6. The predicted molar refractivity (Wildman–Crippen MR) is 130 cm³/mol. The number of aryl methyl sites for hydroxylation is 1. The molecule has 5 heterocycles. The molecule has 0 atom stereocenters. The van der Waals surface area contributed by atoms with Crippen molar-refractivity contribution < 1.29 is 0 Å². The summed E-state index contributed by atoms with van der Waals surface area (Å²) >= 11 is 0. The molecule has 0 radical (unpaired) electrons. The molecular weight excluding hydrogens is 414 g/mol. The zero-order chi connectivity index (χ0) is 22.4. The van der Waals surface area contributed by atoms with Crippen LogP contribution in [0.5, 0.6) is 0 Å². The first kappa shape index (κ1) is 19.7. The monoisotopic (exact) mass is 439 g/mol. The molecule has 0 saturated carbocycles. The first-order valence-corrected chi connectivity index (χ1v) is 11.1. The summed E-state index contributed by atoms with van der Waals surface area (Å²) < 4.78 is 1.85. The van der Waals surface area contributed by atoms with Crippen molar-refractivity contribution >= 4 is 34.0 Å². The van der Waals surface area contributed by atoms with Crippen LogP contribution in [0.3, 0.4) is 0 Å². The van der Waals surface area contributed by atoms with Crippen molar-refractivity contribution in [2.45, 2.75) is 6.92 Å². The van der Waals surface area contributed by atoms with E-state index in [1.54, 1.807) is 0 Å². The van der Waals surface area contributed by atoms with Crippen molar-refractivity contribution in [1.29, 1.82) is 0 Å². The normalized spacial score (nSPS) is 14.9. The minimum Gasteiger partial charge on any atom is -0.369 e. The van der Waals surface area contributed by atoms with Crippen LogP contribution in [0.4, 0.5) is 17.3 Å². The van der Waals surface area contributed by atoms with E-state index in [0.717, 1.165) is 65.5 Å². The zero-order valence-corrected chi connectivity index (χ0v) is 18.7. The van der Waals surface area contributed by atoms with Crippen LogP contribution < -0.4 is 10.2 Å². The lowest BCUT2D eigenvalue weighted by atomic mass is 10.2. The van der Waals surface area contributed by atoms with Gasteiger partial charge in [-0.15, -0.1) is 0 Å². The summed E-state index contributed by atoms with van der Waals surface area (Å²) in [6.07, 6.45) is 5.59. The number of anilines is 3. The van der Waals surface area contributed by atoms with Gasteiger partial charge in [0.2, 0.25) is 5.95 Å². The van der Waals surface area contributed by atoms with Gasteiger partial charge in [-0.2, -0.15) is 10.1 Å². The molecule has 6 rings (SSSR count). The van der Waals surface area contributed by atoms with Crippen LogP contribution >= 0.6 is 0 Å². The second-order valence-electron chi connectivity index (χ2n) is 8.51. The topological polar surface area (TPSA) is 90.3 Å². The van der Waals surface area contributed by atoms with E-state index in [4.69, 9.17) is 10.1 Å². The van der Waals surface area contributed by atoms with Crippen LogP contribution in [0.1, 0.15) is 5.69 Å². The van der Waals surface area contributed by atoms with Crippen molar-refractivity contribution in [3.05, 3.63) is 60.7 Å². The first-order chi connectivity index (χ1) is 16.1. The predicted octanol–water partition coefficient (Wildman–Crippen LogP) is 3.47. The summed E-state index contributed by atoms with van der Waals surface area (Å²) in [6, 6.07) is 12.4. The van der Waals surface area contributed by atoms with Crippen LogP contribution in [0.15, 0.2) is 55.0 Å². The highest BCUT2D eigenvalue weighted by atomic mass is 15.3. The third kappa shape index (κ3) is 3.66. The SMILES string of the molecule is Cc1cnc2ccc(-c3c[nH]c4nc(Nc5cccc(N6CCN(C)CC6)c5)ncc34)nn12. The summed E-state index contributed by atoms with van der Waals surface area (Å²) in [4.78, 5) is 21.7. The number of rotatable bonds is 4. The van der Waals surface area contributed by atoms with E-state index in [1.807, 2.05) is 48.2 Å². The van der Waals surface area contributed by atoms with Crippen molar-refractivity contribution in [2.75, 3.05) is 43.4 Å². The average Bonchev–Trinajstić information content (AvgIpc) is 3.43. The lowest BCUT2D eigenvalue weighted by Gasteiger charge is -2.34. The number of hydrogen-bond donors (Lipinski definition) is 2. The van der Waals surface area contributed by atoms with E-state index in [0.29, 0.717) is 5.95 Å². The van der Waals surface area contributed by atoms with Crippen molar-refractivity contribution in [3.8, 4) is 11.3 Å². The third-order valence-electron chi connectivity index (χ3n) is 6.21. The van der Waals surface area contributed by atoms with Gasteiger partial charge in [-0.25, -0.2) is 14.5 Å². The van der Waals surface area contributed by atoms with E-state index in [9.17, 15) is 0 Å². The molecule has 1 fully saturated rings. The second-order valence-corrected chi connectivity index (χ2v) is 8.51. The fourth-order valence-electron chi connectivity index (χ4n) is 4.29. The number of likely N-dealkylation sites (N-methyl/N-ethyl adjacent to an activating group) is 1. The number of benzene rings is 1. The summed E-state index contributed by atoms with van der Waals surface area (Å²) in [7, 11) is 2.17. The highest BCUT2D eigenvalue weighted by Crippen LogP contribution is 2.28. The van der Waals surface area contributed by atoms with Crippen molar-refractivity contribution in [1.82, 2.24) is 34.4 Å². The van der Waals surface area contributed by atoms with Crippen LogP contribution in [-0.4, -0.2) is 67.7 Å². The number of fused-ring (bicyclic) bond motifs is 2. The number of nitrogens with zero attached hydrogens (tertiary/aromatic N) is 7. The zero-order valence-electron chi connectivity index (χ0n) is 18.7. The number of aromatic amines is 1. The fraction of sp³-hybridized carbons (Fsp3) is 0.250. The molecule has 0 spiro atoms. The lowest BCUT2D eigenvalue weighted by molar-refractivity contribution is 0.313. The minimum atomic E-state index is 0.556. The Hall–Kier alpha value is -3.98. The smallest absolute Gasteiger partial charge is 0.229 e. The Labute approximate surface area is 191 Å². The molecule has 166 valence electrons. The van der Waals surface area contributed by atoms with E-state index >= 15 is 0 Å². The summed E-state index contributed by atoms with van der Waals surface area (Å²) in [5.41, 5.74) is 6.59. The summed E-state index contributed by atoms with van der Waals surface area (Å²) in [5, 5.41) is 9.01. The Morgan fingerprint density at radius 3 is 2.76 bits per heavy atom. The van der Waals surface area contributed by atoms with Gasteiger partial charge in [-0.1, -0.05) is 6.07 Å². The maximum absolute atomic E-state index is 4.73. The van der Waals surface area contributed by atoms with Crippen molar-refractivity contribution in [2.24, 2.45) is 0 Å². The molecule has 0 bridgehead atoms. The molecule has 1 aliphatic heterocycles. The maximum Gasteiger partial charge on any atom is 0.229 e. The lowest BCUT2D eigenvalue weighted by Crippen LogP contribution is -2.44. The van der Waals surface area contributed by atoms with E-state index in [-0.39, 0.29) is 0 Å². The van der Waals surface area contributed by atoms with Gasteiger partial charge in [0.05, 0.1) is 17.6 Å². The van der Waals surface area contributed by atoms with Gasteiger partial charge in [0.15, 0.2) is 5.65 Å². The molecule has 33 heavy (non-hydrogen) atoms. The second kappa shape index (κ2) is 7.86. The van der Waals surface area contributed by atoms with Gasteiger partial charge in [0.1, 0.15) is 5.65 Å². The number of hydrogen-bond acceptors (Lipinski definition) is 7. The Balaban J connectivity index is 1.26. The van der Waals surface area contributed by atoms with Crippen LogP contribution in [-0.2, 0) is 0 Å². The molecular formula is C24H25N9. The summed E-state index contributed by atoms with van der Waals surface area (Å²) in [6.45, 7) is 6.22. The van der Waals surface area contributed by atoms with Gasteiger partial charge in [0.25, 0.3) is 0 Å². The molecule has 9 heteroatoms. The molecule has 0 aliphatic carbocycles. The van der Waals surface area contributed by atoms with Gasteiger partial charge in [-0.3, -0.25) is 0 Å². The van der Waals surface area contributed by atoms with E-state index < -0.39 is 0 Å². The quantitative estimate of drug-likeness (QED) is 0.443. The van der Waals surface area contributed by atoms with E-state index in [2.05, 4.69) is 55.3 Å². The van der Waals surface area contributed by atoms with Gasteiger partial charge in [0, 0.05) is 60.9 Å². The highest BCUT2D eigenvalue weighted by Gasteiger charge is 2.15. The van der Waals surface area contributed by atoms with Gasteiger partial charge < -0.3 is 20.1 Å². The molecule has 9 nitrogen and oxygen atoms in total. The molecule has 5 aromatic rings. The van der Waals surface area contributed by atoms with Crippen LogP contribution in [0.2, 0.25) is 0 Å². The Morgan fingerprint density at radius 2 is 1.88 bits per heavy atom. The fourth-order valence-corrected chi connectivity index (χ4v) is 4.29. The van der Waals surface area contributed by atoms with Gasteiger partial charge >= 0.3 is 0 Å². The summed E-state index contributed by atoms with van der Waals surface area (Å²) in [5.74, 6) is 0.556. The molecule has 0 unspecified atom stereocenters. The largest absolute Gasteiger partial charge is 0.369 e. The number of imidazole rings is 1. The minimum absolute atomic E-state index is 0.556. The number of H-pyrrole nitrogens is 1.